The molecule has 0 radical (unpaired) electrons. The van der Waals surface area contributed by atoms with Gasteiger partial charge in [-0.3, -0.25) is 4.79 Å². The van der Waals surface area contributed by atoms with Crippen LogP contribution in [0.1, 0.15) is 43.2 Å². The summed E-state index contributed by atoms with van der Waals surface area (Å²) in [6, 6.07) is 7.32. The highest BCUT2D eigenvalue weighted by molar-refractivity contribution is 5.96. The minimum atomic E-state index is -0.0707. The summed E-state index contributed by atoms with van der Waals surface area (Å²) in [5.41, 5.74) is 0.703. The fourth-order valence-electron chi connectivity index (χ4n) is 2.71. The molecule has 0 saturated heterocycles. The van der Waals surface area contributed by atoms with E-state index in [1.807, 2.05) is 18.2 Å². The third-order valence-electron chi connectivity index (χ3n) is 3.84. The highest BCUT2D eigenvalue weighted by Crippen LogP contribution is 2.25. The Morgan fingerprint density at radius 2 is 2.05 bits per heavy atom. The highest BCUT2D eigenvalue weighted by atomic mass is 16.5. The van der Waals surface area contributed by atoms with Crippen LogP contribution in [0.25, 0.3) is 11.0 Å². The van der Waals surface area contributed by atoms with Gasteiger partial charge in [0.25, 0.3) is 0 Å². The largest absolute Gasteiger partial charge is 0.491 e. The summed E-state index contributed by atoms with van der Waals surface area (Å²) in [7, 11) is 0. The molecule has 4 heteroatoms. The second kappa shape index (κ2) is 6.31. The van der Waals surface area contributed by atoms with E-state index in [1.165, 1.54) is 32.6 Å². The van der Waals surface area contributed by atoms with E-state index in [2.05, 4.69) is 0 Å². The molecule has 1 saturated carbocycles. The highest BCUT2D eigenvalue weighted by Gasteiger charge is 2.14. The number of hydrogen-bond donors (Lipinski definition) is 0. The first-order valence-electron chi connectivity index (χ1n) is 7.51. The summed E-state index contributed by atoms with van der Waals surface area (Å²) in [5.74, 6) is 1.08. The fourth-order valence-corrected chi connectivity index (χ4v) is 2.71. The van der Waals surface area contributed by atoms with Gasteiger partial charge in [-0.15, -0.1) is 0 Å². The monoisotopic (exact) mass is 288 g/mol. The van der Waals surface area contributed by atoms with Gasteiger partial charge in [0.2, 0.25) is 0 Å². The van der Waals surface area contributed by atoms with Crippen LogP contribution in [-0.4, -0.2) is 25.1 Å². The predicted molar refractivity (Wildman–Crippen MR) is 79.9 cm³/mol. The van der Waals surface area contributed by atoms with Crippen LogP contribution in [0.3, 0.4) is 0 Å². The lowest BCUT2D eigenvalue weighted by molar-refractivity contribution is 0.0382. The van der Waals surface area contributed by atoms with Gasteiger partial charge in [0.05, 0.1) is 12.7 Å². The van der Waals surface area contributed by atoms with Crippen molar-refractivity contribution in [3.63, 3.8) is 0 Å². The lowest BCUT2D eigenvalue weighted by Gasteiger charge is -2.11. The third kappa shape index (κ3) is 3.45. The quantitative estimate of drug-likeness (QED) is 0.596. The molecule has 1 aromatic heterocycles. The zero-order valence-corrected chi connectivity index (χ0v) is 12.3. The van der Waals surface area contributed by atoms with Crippen molar-refractivity contribution < 1.29 is 18.7 Å². The van der Waals surface area contributed by atoms with E-state index in [9.17, 15) is 4.79 Å². The van der Waals surface area contributed by atoms with Crippen LogP contribution in [-0.2, 0) is 4.74 Å². The van der Waals surface area contributed by atoms with Gasteiger partial charge in [-0.05, 0) is 37.1 Å². The Morgan fingerprint density at radius 1 is 1.24 bits per heavy atom. The predicted octanol–water partition coefficient (Wildman–Crippen LogP) is 3.97. The van der Waals surface area contributed by atoms with Crippen LogP contribution in [0.4, 0.5) is 0 Å². The first kappa shape index (κ1) is 14.1. The second-order valence-electron chi connectivity index (χ2n) is 5.49. The number of hydrogen-bond acceptors (Lipinski definition) is 4. The first-order valence-corrected chi connectivity index (χ1v) is 7.51. The van der Waals surface area contributed by atoms with Crippen LogP contribution in [0, 0.1) is 0 Å². The van der Waals surface area contributed by atoms with E-state index in [0.29, 0.717) is 30.7 Å². The summed E-state index contributed by atoms with van der Waals surface area (Å²) in [6.45, 7) is 2.65. The van der Waals surface area contributed by atoms with Gasteiger partial charge in [-0.25, -0.2) is 0 Å². The number of ketones is 1. The molecule has 0 unspecified atom stereocenters. The molecule has 2 aromatic rings. The number of benzene rings is 1. The number of rotatable bonds is 6. The number of ether oxygens (including phenoxy) is 2. The number of carbonyl (C=O) groups excluding carboxylic acids is 1. The van der Waals surface area contributed by atoms with Crippen LogP contribution in [0.15, 0.2) is 28.7 Å². The molecule has 1 heterocycles. The van der Waals surface area contributed by atoms with Gasteiger partial charge >= 0.3 is 0 Å². The van der Waals surface area contributed by atoms with Crippen molar-refractivity contribution in [3.8, 4) is 5.75 Å². The minimum absolute atomic E-state index is 0.0707. The maximum absolute atomic E-state index is 11.3. The van der Waals surface area contributed by atoms with Gasteiger partial charge in [0.15, 0.2) is 11.5 Å². The number of carbonyl (C=O) groups is 1. The molecular formula is C17H20O4. The minimum Gasteiger partial charge on any atom is -0.491 e. The van der Waals surface area contributed by atoms with Crippen molar-refractivity contribution >= 4 is 16.8 Å². The molecule has 0 aliphatic heterocycles. The number of fused-ring (bicyclic) bond motifs is 1. The van der Waals surface area contributed by atoms with E-state index in [0.717, 1.165) is 11.1 Å². The lowest BCUT2D eigenvalue weighted by atomic mass is 10.2. The zero-order valence-electron chi connectivity index (χ0n) is 12.3. The van der Waals surface area contributed by atoms with Crippen LogP contribution < -0.4 is 4.74 Å². The van der Waals surface area contributed by atoms with Crippen molar-refractivity contribution in [2.45, 2.75) is 38.7 Å². The molecule has 4 nitrogen and oxygen atoms in total. The summed E-state index contributed by atoms with van der Waals surface area (Å²) in [4.78, 5) is 11.3. The third-order valence-corrected chi connectivity index (χ3v) is 3.84. The Hall–Kier alpha value is -1.81. The first-order chi connectivity index (χ1) is 10.2. The second-order valence-corrected chi connectivity index (χ2v) is 5.49. The van der Waals surface area contributed by atoms with Crippen LogP contribution in [0.5, 0.6) is 5.75 Å². The van der Waals surface area contributed by atoms with Crippen molar-refractivity contribution in [1.82, 2.24) is 0 Å². The molecule has 0 amide bonds. The summed E-state index contributed by atoms with van der Waals surface area (Å²) >= 11 is 0. The maximum atomic E-state index is 11.3. The van der Waals surface area contributed by atoms with Crippen molar-refractivity contribution in [2.24, 2.45) is 0 Å². The summed E-state index contributed by atoms with van der Waals surface area (Å²) < 4.78 is 16.9. The number of furan rings is 1. The molecule has 1 aliphatic carbocycles. The average molecular weight is 288 g/mol. The summed E-state index contributed by atoms with van der Waals surface area (Å²) in [5, 5.41) is 0.884. The molecular weight excluding hydrogens is 268 g/mol. The van der Waals surface area contributed by atoms with E-state index in [-0.39, 0.29) is 5.78 Å². The molecule has 0 N–H and O–H groups in total. The van der Waals surface area contributed by atoms with Crippen molar-refractivity contribution in [1.29, 1.82) is 0 Å². The molecule has 3 rings (SSSR count). The molecule has 0 spiro atoms. The Labute approximate surface area is 124 Å². The lowest BCUT2D eigenvalue weighted by Crippen LogP contribution is -2.13. The molecule has 0 atom stereocenters. The van der Waals surface area contributed by atoms with E-state index in [4.69, 9.17) is 13.9 Å². The smallest absolute Gasteiger partial charge is 0.194 e. The van der Waals surface area contributed by atoms with Crippen molar-refractivity contribution in [3.05, 3.63) is 30.0 Å². The molecule has 1 aliphatic rings. The van der Waals surface area contributed by atoms with Gasteiger partial charge in [0.1, 0.15) is 17.9 Å². The fraction of sp³-hybridized carbons (Fsp3) is 0.471. The summed E-state index contributed by atoms with van der Waals surface area (Å²) in [6.07, 6.45) is 5.33. The zero-order chi connectivity index (χ0) is 14.7. The Balaban J connectivity index is 1.55. The van der Waals surface area contributed by atoms with E-state index >= 15 is 0 Å². The average Bonchev–Trinajstić information content (AvgIpc) is 3.12. The molecule has 21 heavy (non-hydrogen) atoms. The Bertz CT molecular complexity index is 623. The van der Waals surface area contributed by atoms with E-state index < -0.39 is 0 Å². The standard InChI is InChI=1S/C17H20O4/c1-12(18)17-11-13-10-15(6-7-16(13)21-17)20-9-8-19-14-4-2-3-5-14/h6-7,10-11,14H,2-5,8-9H2,1H3. The van der Waals surface area contributed by atoms with E-state index in [1.54, 1.807) is 6.07 Å². The Kier molecular flexibility index (Phi) is 4.25. The van der Waals surface area contributed by atoms with Gasteiger partial charge < -0.3 is 13.9 Å². The van der Waals surface area contributed by atoms with Crippen LogP contribution in [0.2, 0.25) is 0 Å². The molecule has 0 bridgehead atoms. The molecule has 1 fully saturated rings. The SMILES string of the molecule is CC(=O)c1cc2cc(OCCOC3CCCC3)ccc2o1. The molecule has 112 valence electrons. The van der Waals surface area contributed by atoms with Crippen LogP contribution >= 0.6 is 0 Å². The van der Waals surface area contributed by atoms with Gasteiger partial charge in [-0.1, -0.05) is 12.8 Å². The van der Waals surface area contributed by atoms with Crippen molar-refractivity contribution in [2.75, 3.05) is 13.2 Å². The molecule has 1 aromatic carbocycles. The Morgan fingerprint density at radius 3 is 2.81 bits per heavy atom. The normalized spacial score (nSPS) is 15.7. The maximum Gasteiger partial charge on any atom is 0.194 e. The van der Waals surface area contributed by atoms with Gasteiger partial charge in [-0.2, -0.15) is 0 Å². The topological polar surface area (TPSA) is 48.7 Å². The van der Waals surface area contributed by atoms with Gasteiger partial charge in [0, 0.05) is 12.3 Å². The number of Topliss-reactive ketones (excluding diaryl/α,β-unsaturated/α-hetero) is 1.